The van der Waals surface area contributed by atoms with Crippen molar-refractivity contribution in [2.75, 3.05) is 6.61 Å². The van der Waals surface area contributed by atoms with Gasteiger partial charge in [-0.2, -0.15) is 13.2 Å². The van der Waals surface area contributed by atoms with Crippen LogP contribution in [0.15, 0.2) is 72.8 Å². The quantitative estimate of drug-likeness (QED) is 0.250. The minimum atomic E-state index is -4.50. The van der Waals surface area contributed by atoms with E-state index < -0.39 is 31.6 Å². The fourth-order valence-corrected chi connectivity index (χ4v) is 5.96. The van der Waals surface area contributed by atoms with Gasteiger partial charge in [0.15, 0.2) is 5.82 Å². The molecule has 0 aliphatic rings. The first kappa shape index (κ1) is 27.3. The highest BCUT2D eigenvalue weighted by Crippen LogP contribution is 2.41. The number of halogens is 3. The van der Waals surface area contributed by atoms with E-state index in [2.05, 4.69) is 29.7 Å². The van der Waals surface area contributed by atoms with E-state index in [0.29, 0.717) is 28.9 Å². The van der Waals surface area contributed by atoms with Gasteiger partial charge in [-0.25, -0.2) is 9.67 Å². The number of nitrogens with two attached hydrogens (primary N) is 1. The van der Waals surface area contributed by atoms with Crippen LogP contribution < -0.4 is 5.73 Å². The molecule has 4 rings (SSSR count). The predicted molar refractivity (Wildman–Crippen MR) is 144 cm³/mol. The topological polar surface area (TPSA) is 83.0 Å². The Morgan fingerprint density at radius 3 is 2.16 bits per heavy atom. The molecule has 1 amide bonds. The van der Waals surface area contributed by atoms with Crippen LogP contribution in [0.4, 0.5) is 13.2 Å². The Bertz CT molecular complexity index is 1460. The number of nitrogens with zero attached hydrogens (tertiary/aromatic N) is 3. The number of hydrogen-bond donors (Lipinski definition) is 1. The summed E-state index contributed by atoms with van der Waals surface area (Å²) in [6, 6.07) is 19.6. The maximum absolute atomic E-state index is 13.8. The molecule has 2 N–H and O–H groups in total. The Morgan fingerprint density at radius 1 is 0.947 bits per heavy atom. The average molecular weight is 539 g/mol. The first-order valence-corrected chi connectivity index (χ1v) is 15.7. The molecule has 0 saturated carbocycles. The molecule has 0 spiro atoms. The van der Waals surface area contributed by atoms with Crippen molar-refractivity contribution >= 4 is 14.0 Å². The van der Waals surface area contributed by atoms with Gasteiger partial charge in [-0.3, -0.25) is 4.79 Å². The molecule has 0 aliphatic heterocycles. The summed E-state index contributed by atoms with van der Waals surface area (Å²) in [4.78, 5) is 16.7. The molecular weight excluding hydrogens is 509 g/mol. The average Bonchev–Trinajstić information content (AvgIpc) is 3.31. The lowest BCUT2D eigenvalue weighted by Crippen LogP contribution is -2.40. The summed E-state index contributed by atoms with van der Waals surface area (Å²) in [5.74, 6) is -0.918. The van der Waals surface area contributed by atoms with Gasteiger partial charge in [0.05, 0.1) is 5.56 Å². The largest absolute Gasteiger partial charge is 0.417 e. The zero-order chi connectivity index (χ0) is 27.7. The van der Waals surface area contributed by atoms with E-state index in [0.717, 1.165) is 6.07 Å². The molecule has 1 aromatic heterocycles. The fraction of sp³-hybridized carbons (Fsp3) is 0.250. The van der Waals surface area contributed by atoms with Gasteiger partial charge >= 0.3 is 6.18 Å². The summed E-state index contributed by atoms with van der Waals surface area (Å²) in [5, 5.41) is 4.61. The van der Waals surface area contributed by atoms with Crippen molar-refractivity contribution in [3.05, 3.63) is 84.2 Å². The van der Waals surface area contributed by atoms with E-state index >= 15 is 0 Å². The summed E-state index contributed by atoms with van der Waals surface area (Å²) in [6.07, 6.45) is -4.50. The molecule has 0 saturated heterocycles. The van der Waals surface area contributed by atoms with Crippen LogP contribution in [-0.2, 0) is 10.9 Å². The maximum Gasteiger partial charge on any atom is 0.417 e. The zero-order valence-electron chi connectivity index (χ0n) is 21.6. The smallest absolute Gasteiger partial charge is 0.363 e. The molecule has 3 aromatic carbocycles. The van der Waals surface area contributed by atoms with Crippen molar-refractivity contribution in [2.45, 2.75) is 38.6 Å². The number of alkyl halides is 3. The molecule has 0 fully saturated rings. The van der Waals surface area contributed by atoms with Gasteiger partial charge in [0.2, 0.25) is 5.82 Å². The van der Waals surface area contributed by atoms with Crippen molar-refractivity contribution in [3.63, 3.8) is 0 Å². The molecule has 10 heteroatoms. The lowest BCUT2D eigenvalue weighted by atomic mass is 9.91. The lowest BCUT2D eigenvalue weighted by Gasteiger charge is -2.29. The number of carbonyl (C=O) groups is 1. The van der Waals surface area contributed by atoms with E-state index in [4.69, 9.17) is 10.5 Å². The van der Waals surface area contributed by atoms with Crippen molar-refractivity contribution in [3.8, 4) is 33.6 Å². The molecule has 4 aromatic rings. The third-order valence-electron chi connectivity index (χ3n) is 6.02. The second-order valence-electron chi connectivity index (χ2n) is 9.91. The van der Waals surface area contributed by atoms with Crippen molar-refractivity contribution in [1.82, 2.24) is 14.8 Å². The van der Waals surface area contributed by atoms with Crippen molar-refractivity contribution in [2.24, 2.45) is 5.73 Å². The molecule has 38 heavy (non-hydrogen) atoms. The second-order valence-corrected chi connectivity index (χ2v) is 15.1. The Hall–Kier alpha value is -3.76. The highest BCUT2D eigenvalue weighted by Gasteiger charge is 2.35. The molecule has 1 heterocycles. The van der Waals surface area contributed by atoms with Crippen LogP contribution in [0.2, 0.25) is 19.6 Å². The van der Waals surface area contributed by atoms with Crippen molar-refractivity contribution in [1.29, 1.82) is 0 Å². The van der Waals surface area contributed by atoms with Gasteiger partial charge in [-0.05, 0) is 41.3 Å². The van der Waals surface area contributed by atoms with Crippen LogP contribution in [0.1, 0.15) is 29.0 Å². The van der Waals surface area contributed by atoms with Crippen LogP contribution in [0.3, 0.4) is 0 Å². The Morgan fingerprint density at radius 2 is 1.55 bits per heavy atom. The monoisotopic (exact) mass is 538 g/mol. The van der Waals surface area contributed by atoms with Crippen LogP contribution in [0.25, 0.3) is 33.6 Å². The number of primary amides is 1. The third kappa shape index (κ3) is 5.56. The minimum Gasteiger partial charge on any atom is -0.363 e. The third-order valence-corrected chi connectivity index (χ3v) is 7.91. The molecule has 198 valence electrons. The van der Waals surface area contributed by atoms with Crippen molar-refractivity contribution < 1.29 is 22.7 Å². The number of carbonyl (C=O) groups excluding carboxylic acids is 1. The summed E-state index contributed by atoms with van der Waals surface area (Å²) in [7, 11) is -2.00. The van der Waals surface area contributed by atoms with Gasteiger partial charge in [0.25, 0.3) is 5.91 Å². The van der Waals surface area contributed by atoms with E-state index in [-0.39, 0.29) is 17.2 Å². The predicted octanol–water partition coefficient (Wildman–Crippen LogP) is 6.81. The number of ether oxygens (including phenoxy) is 1. The van der Waals surface area contributed by atoms with Gasteiger partial charge in [-0.15, -0.1) is 5.10 Å². The fourth-order valence-electron chi connectivity index (χ4n) is 4.38. The standard InChI is InChI=1S/C28H29F3N4O2Si/c1-5-37-27(38(2,3)4)35-26(24(32)36)33-25(34-35)19-12-10-11-18(17-19)20-13-6-7-14-21(20)22-15-8-9-16-23(22)28(29,30)31/h6-17,27H,5H2,1-4H3,(H2,32,36). The Kier molecular flexibility index (Phi) is 7.57. The highest BCUT2D eigenvalue weighted by atomic mass is 28.3. The molecule has 0 bridgehead atoms. The van der Waals surface area contributed by atoms with E-state index in [1.807, 2.05) is 13.0 Å². The van der Waals surface area contributed by atoms with Gasteiger partial charge in [-0.1, -0.05) is 80.3 Å². The van der Waals surface area contributed by atoms with Crippen LogP contribution in [0.5, 0.6) is 0 Å². The van der Waals surface area contributed by atoms with Gasteiger partial charge < -0.3 is 10.5 Å². The molecule has 0 aliphatic carbocycles. The normalized spacial score (nSPS) is 12.9. The Balaban J connectivity index is 1.84. The second kappa shape index (κ2) is 10.5. The zero-order valence-corrected chi connectivity index (χ0v) is 22.6. The lowest BCUT2D eigenvalue weighted by molar-refractivity contribution is -0.137. The maximum atomic E-state index is 13.8. The molecule has 1 atom stereocenters. The number of amides is 1. The van der Waals surface area contributed by atoms with Gasteiger partial charge in [0.1, 0.15) is 13.9 Å². The number of benzene rings is 3. The summed E-state index contributed by atoms with van der Waals surface area (Å²) in [5.41, 5.74) is 7.37. The van der Waals surface area contributed by atoms with Crippen LogP contribution in [-0.4, -0.2) is 35.4 Å². The minimum absolute atomic E-state index is 0.00853. The van der Waals surface area contributed by atoms with Crippen LogP contribution in [0, 0.1) is 0 Å². The molecular formula is C28H29F3N4O2Si. The number of aromatic nitrogens is 3. The van der Waals surface area contributed by atoms with E-state index in [1.165, 1.54) is 16.8 Å². The first-order chi connectivity index (χ1) is 17.9. The first-order valence-electron chi connectivity index (χ1n) is 12.2. The highest BCUT2D eigenvalue weighted by molar-refractivity contribution is 6.76. The number of hydrogen-bond acceptors (Lipinski definition) is 4. The summed E-state index contributed by atoms with van der Waals surface area (Å²) < 4.78 is 48.8. The summed E-state index contributed by atoms with van der Waals surface area (Å²) >= 11 is 0. The molecule has 0 radical (unpaired) electrons. The molecule has 1 unspecified atom stereocenters. The summed E-state index contributed by atoms with van der Waals surface area (Å²) in [6.45, 7) is 8.57. The molecule has 6 nitrogen and oxygen atoms in total. The van der Waals surface area contributed by atoms with E-state index in [1.54, 1.807) is 48.5 Å². The number of rotatable bonds is 8. The van der Waals surface area contributed by atoms with Gasteiger partial charge in [0, 0.05) is 12.2 Å². The Labute approximate surface area is 220 Å². The van der Waals surface area contributed by atoms with E-state index in [9.17, 15) is 18.0 Å². The SMILES string of the molecule is CCOC(n1nc(-c2cccc(-c3ccccc3-c3ccccc3C(F)(F)F)c2)nc1C(N)=O)[Si](C)(C)C. The van der Waals surface area contributed by atoms with Crippen LogP contribution >= 0.6 is 0 Å².